The first-order valence-electron chi connectivity index (χ1n) is 2.46. The van der Waals surface area contributed by atoms with E-state index in [4.69, 9.17) is 5.73 Å². The molecule has 0 saturated carbocycles. The van der Waals surface area contributed by atoms with Gasteiger partial charge in [0.25, 0.3) is 0 Å². The maximum Gasteiger partial charge on any atom is 0.180 e. The van der Waals surface area contributed by atoms with Crippen molar-refractivity contribution in [3.8, 4) is 0 Å². The molecule has 0 spiro atoms. The zero-order valence-electron chi connectivity index (χ0n) is 4.70. The topological polar surface area (TPSA) is 56.0 Å². The molecule has 0 atom stereocenters. The van der Waals surface area contributed by atoms with Crippen LogP contribution in [0.2, 0.25) is 0 Å². The summed E-state index contributed by atoms with van der Waals surface area (Å²) in [6, 6.07) is 0. The van der Waals surface area contributed by atoms with Crippen molar-refractivity contribution in [2.45, 2.75) is 6.42 Å². The van der Waals surface area contributed by atoms with Crippen molar-refractivity contribution in [1.29, 1.82) is 0 Å². The van der Waals surface area contributed by atoms with Gasteiger partial charge in [0.2, 0.25) is 0 Å². The molecule has 2 N–H and O–H groups in total. The average Bonchev–Trinajstić information content (AvgIpc) is 2.17. The molecule has 0 aliphatic rings. The van der Waals surface area contributed by atoms with E-state index in [-0.39, 0.29) is 0 Å². The van der Waals surface area contributed by atoms with Crippen molar-refractivity contribution < 1.29 is 4.79 Å². The molecule has 0 aromatic carbocycles. The smallest absolute Gasteiger partial charge is 0.180 e. The Bertz CT molecular complexity index is 208. The normalized spacial score (nSPS) is 9.33. The summed E-state index contributed by atoms with van der Waals surface area (Å²) in [4.78, 5) is 14.6. The molecule has 0 radical (unpaired) electrons. The number of nitrogens with two attached hydrogens (primary N) is 1. The molecule has 0 aliphatic carbocycles. The Morgan fingerprint density at radius 1 is 1.89 bits per heavy atom. The maximum absolute atomic E-state index is 9.92. The van der Waals surface area contributed by atoms with Crippen molar-refractivity contribution in [2.24, 2.45) is 0 Å². The number of rotatable bonds is 2. The number of aromatic nitrogens is 1. The van der Waals surface area contributed by atoms with Crippen LogP contribution in [0, 0.1) is 0 Å². The van der Waals surface area contributed by atoms with E-state index >= 15 is 0 Å². The second kappa shape index (κ2) is 2.59. The highest BCUT2D eigenvalue weighted by Crippen LogP contribution is 2.13. The first-order chi connectivity index (χ1) is 4.33. The highest BCUT2D eigenvalue weighted by molar-refractivity contribution is 7.15. The summed E-state index contributed by atoms with van der Waals surface area (Å²) in [5.74, 6) is 0. The van der Waals surface area contributed by atoms with Crippen LogP contribution in [0.25, 0.3) is 0 Å². The molecular weight excluding hydrogens is 136 g/mol. The van der Waals surface area contributed by atoms with Gasteiger partial charge < -0.3 is 10.5 Å². The predicted octanol–water partition coefficient (Wildman–Crippen LogP) is 0.467. The van der Waals surface area contributed by atoms with Gasteiger partial charge in [-0.05, 0) is 0 Å². The lowest BCUT2D eigenvalue weighted by Crippen LogP contribution is -1.77. The van der Waals surface area contributed by atoms with Gasteiger partial charge in [-0.2, -0.15) is 0 Å². The Kier molecular flexibility index (Phi) is 1.79. The summed E-state index contributed by atoms with van der Waals surface area (Å²) in [5.41, 5.74) is 5.30. The van der Waals surface area contributed by atoms with Crippen LogP contribution in [0.15, 0.2) is 6.20 Å². The number of aldehydes is 1. The maximum atomic E-state index is 9.92. The van der Waals surface area contributed by atoms with Gasteiger partial charge >= 0.3 is 0 Å². The third-order valence-corrected chi connectivity index (χ3v) is 1.70. The molecule has 3 nitrogen and oxygen atoms in total. The van der Waals surface area contributed by atoms with Crippen molar-refractivity contribution in [2.75, 3.05) is 5.73 Å². The number of hydrogen-bond donors (Lipinski definition) is 1. The van der Waals surface area contributed by atoms with Crippen molar-refractivity contribution >= 4 is 22.8 Å². The summed E-state index contributed by atoms with van der Waals surface area (Å²) in [6.07, 6.45) is 2.89. The summed E-state index contributed by atoms with van der Waals surface area (Å²) in [5, 5.41) is 0.520. The van der Waals surface area contributed by atoms with Gasteiger partial charge in [-0.15, -0.1) is 11.3 Å². The van der Waals surface area contributed by atoms with Crippen LogP contribution in [0.1, 0.15) is 4.88 Å². The molecule has 0 unspecified atom stereocenters. The Labute approximate surface area is 56.5 Å². The molecule has 48 valence electrons. The van der Waals surface area contributed by atoms with E-state index < -0.39 is 0 Å². The van der Waals surface area contributed by atoms with Gasteiger partial charge in [0, 0.05) is 17.5 Å². The largest absolute Gasteiger partial charge is 0.375 e. The molecule has 1 rings (SSSR count). The van der Waals surface area contributed by atoms with Gasteiger partial charge in [-0.25, -0.2) is 4.98 Å². The lowest BCUT2D eigenvalue weighted by Gasteiger charge is -1.77. The number of carbonyl (C=O) groups is 1. The third kappa shape index (κ3) is 1.50. The molecule has 1 aromatic rings. The Morgan fingerprint density at radius 3 is 3.11 bits per heavy atom. The Morgan fingerprint density at radius 2 is 2.67 bits per heavy atom. The van der Waals surface area contributed by atoms with E-state index in [1.807, 2.05) is 0 Å². The van der Waals surface area contributed by atoms with Crippen LogP contribution in [0.3, 0.4) is 0 Å². The molecule has 0 amide bonds. The number of nitrogen functional groups attached to an aromatic ring is 1. The lowest BCUT2D eigenvalue weighted by atomic mass is 10.4. The van der Waals surface area contributed by atoms with E-state index in [0.717, 1.165) is 11.2 Å². The average molecular weight is 142 g/mol. The van der Waals surface area contributed by atoms with E-state index in [0.29, 0.717) is 11.6 Å². The van der Waals surface area contributed by atoms with Crippen molar-refractivity contribution in [1.82, 2.24) is 4.98 Å². The summed E-state index contributed by atoms with van der Waals surface area (Å²) < 4.78 is 0. The highest BCUT2D eigenvalue weighted by atomic mass is 32.1. The molecule has 0 saturated heterocycles. The molecule has 1 aromatic heterocycles. The zero-order chi connectivity index (χ0) is 6.69. The number of carbonyl (C=O) groups excluding carboxylic acids is 1. The van der Waals surface area contributed by atoms with E-state index in [9.17, 15) is 4.79 Å². The summed E-state index contributed by atoms with van der Waals surface area (Å²) in [7, 11) is 0. The van der Waals surface area contributed by atoms with Crippen molar-refractivity contribution in [3.63, 3.8) is 0 Å². The van der Waals surface area contributed by atoms with Crippen LogP contribution in [-0.4, -0.2) is 11.3 Å². The van der Waals surface area contributed by atoms with Crippen LogP contribution in [0.4, 0.5) is 5.13 Å². The highest BCUT2D eigenvalue weighted by Gasteiger charge is 1.94. The fourth-order valence-electron chi connectivity index (χ4n) is 0.499. The predicted molar refractivity (Wildman–Crippen MR) is 36.3 cm³/mol. The van der Waals surface area contributed by atoms with Gasteiger partial charge in [0.05, 0.1) is 0 Å². The Hall–Kier alpha value is -0.900. The second-order valence-corrected chi connectivity index (χ2v) is 2.68. The van der Waals surface area contributed by atoms with Crippen molar-refractivity contribution in [3.05, 3.63) is 11.1 Å². The van der Waals surface area contributed by atoms with Crippen LogP contribution >= 0.6 is 11.3 Å². The third-order valence-electron chi connectivity index (χ3n) is 0.856. The van der Waals surface area contributed by atoms with Crippen LogP contribution in [-0.2, 0) is 11.2 Å². The molecule has 0 fully saturated rings. The van der Waals surface area contributed by atoms with E-state index in [1.165, 1.54) is 11.3 Å². The minimum Gasteiger partial charge on any atom is -0.375 e. The van der Waals surface area contributed by atoms with E-state index in [1.54, 1.807) is 6.20 Å². The fourth-order valence-corrected chi connectivity index (χ4v) is 1.13. The monoisotopic (exact) mass is 142 g/mol. The number of hydrogen-bond acceptors (Lipinski definition) is 4. The minimum absolute atomic E-state index is 0.425. The van der Waals surface area contributed by atoms with Gasteiger partial charge in [-0.1, -0.05) is 0 Å². The quantitative estimate of drug-likeness (QED) is 0.610. The Balaban J connectivity index is 2.72. The first-order valence-corrected chi connectivity index (χ1v) is 3.28. The summed E-state index contributed by atoms with van der Waals surface area (Å²) in [6.45, 7) is 0. The molecular formula is C5H6N2OS. The molecule has 9 heavy (non-hydrogen) atoms. The molecule has 4 heteroatoms. The van der Waals surface area contributed by atoms with E-state index in [2.05, 4.69) is 4.98 Å². The molecule has 1 heterocycles. The number of anilines is 1. The van der Waals surface area contributed by atoms with Gasteiger partial charge in [0.1, 0.15) is 6.29 Å². The van der Waals surface area contributed by atoms with Gasteiger partial charge in [-0.3, -0.25) is 0 Å². The van der Waals surface area contributed by atoms with Crippen LogP contribution < -0.4 is 5.73 Å². The standard InChI is InChI=1S/C5H6N2OS/c6-5-7-3-4(9-5)1-2-8/h2-3H,1H2,(H2,6,7). The lowest BCUT2D eigenvalue weighted by molar-refractivity contribution is -0.107. The first kappa shape index (κ1) is 6.22. The zero-order valence-corrected chi connectivity index (χ0v) is 5.52. The summed E-state index contributed by atoms with van der Waals surface area (Å²) >= 11 is 1.35. The molecule has 0 aliphatic heterocycles. The number of nitrogens with zero attached hydrogens (tertiary/aromatic N) is 1. The molecule has 0 bridgehead atoms. The van der Waals surface area contributed by atoms with Crippen LogP contribution in [0.5, 0.6) is 0 Å². The number of thiazole rings is 1. The second-order valence-electron chi connectivity index (χ2n) is 1.54. The minimum atomic E-state index is 0.425. The van der Waals surface area contributed by atoms with Gasteiger partial charge in [0.15, 0.2) is 5.13 Å². The SMILES string of the molecule is Nc1ncc(CC=O)s1. The fraction of sp³-hybridized carbons (Fsp3) is 0.200.